The molecule has 1 aliphatic heterocycles. The van der Waals surface area contributed by atoms with Crippen molar-refractivity contribution in [2.45, 2.75) is 6.92 Å². The summed E-state index contributed by atoms with van der Waals surface area (Å²) < 4.78 is 11.3. The van der Waals surface area contributed by atoms with E-state index in [0.29, 0.717) is 17.9 Å². The van der Waals surface area contributed by atoms with E-state index in [9.17, 15) is 14.4 Å². The van der Waals surface area contributed by atoms with Gasteiger partial charge in [0, 0.05) is 12.2 Å². The molecule has 8 nitrogen and oxygen atoms in total. The molecule has 0 saturated carbocycles. The van der Waals surface area contributed by atoms with Crippen LogP contribution in [0.25, 0.3) is 6.08 Å². The van der Waals surface area contributed by atoms with Crippen molar-refractivity contribution in [1.82, 2.24) is 10.2 Å². The van der Waals surface area contributed by atoms with E-state index in [1.54, 1.807) is 37.3 Å². The molecule has 10 heteroatoms. The Morgan fingerprint density at radius 1 is 1.24 bits per heavy atom. The molecule has 34 heavy (non-hydrogen) atoms. The number of para-hydroxylation sites is 1. The van der Waals surface area contributed by atoms with Crippen LogP contribution in [0.5, 0.6) is 11.5 Å². The van der Waals surface area contributed by atoms with Gasteiger partial charge in [-0.25, -0.2) is 0 Å². The molecule has 1 saturated heterocycles. The number of rotatable bonds is 9. The van der Waals surface area contributed by atoms with Gasteiger partial charge in [-0.1, -0.05) is 35.9 Å². The third-order valence-electron chi connectivity index (χ3n) is 4.55. The van der Waals surface area contributed by atoms with Crippen LogP contribution in [0, 0.1) is 0 Å². The lowest BCUT2D eigenvalue weighted by molar-refractivity contribution is -0.128. The number of carbonyl (C=O) groups excluding carboxylic acids is 3. The Hall–Kier alpha value is -3.69. The summed E-state index contributed by atoms with van der Waals surface area (Å²) in [5.41, 5.74) is 0.943. The number of amides is 3. The summed E-state index contributed by atoms with van der Waals surface area (Å²) in [4.78, 5) is 38.6. The number of halogens is 1. The third kappa shape index (κ3) is 6.00. The molecular formula is C24H22ClN3O5S. The van der Waals surface area contributed by atoms with Crippen molar-refractivity contribution in [1.29, 1.82) is 0 Å². The van der Waals surface area contributed by atoms with Crippen molar-refractivity contribution < 1.29 is 23.9 Å². The Morgan fingerprint density at radius 2 is 1.97 bits per heavy atom. The van der Waals surface area contributed by atoms with Gasteiger partial charge in [0.05, 0.1) is 11.6 Å². The number of anilines is 1. The Morgan fingerprint density at radius 3 is 2.65 bits per heavy atom. The molecule has 176 valence electrons. The van der Waals surface area contributed by atoms with Crippen LogP contribution in [0.15, 0.2) is 60.7 Å². The summed E-state index contributed by atoms with van der Waals surface area (Å²) in [6.45, 7) is 5.52. The van der Waals surface area contributed by atoms with Gasteiger partial charge >= 0.3 is 0 Å². The Kier molecular flexibility index (Phi) is 8.39. The van der Waals surface area contributed by atoms with Crippen molar-refractivity contribution in [3.8, 4) is 11.5 Å². The predicted octanol–water partition coefficient (Wildman–Crippen LogP) is 3.57. The number of carbonyl (C=O) groups is 3. The second-order valence-corrected chi connectivity index (χ2v) is 7.78. The van der Waals surface area contributed by atoms with E-state index in [1.165, 1.54) is 23.1 Å². The van der Waals surface area contributed by atoms with Crippen molar-refractivity contribution in [2.24, 2.45) is 0 Å². The first-order valence-electron chi connectivity index (χ1n) is 10.3. The number of hydrogen-bond acceptors (Lipinski definition) is 6. The van der Waals surface area contributed by atoms with E-state index < -0.39 is 11.8 Å². The van der Waals surface area contributed by atoms with Gasteiger partial charge in [0.15, 0.2) is 23.2 Å². The van der Waals surface area contributed by atoms with Crippen LogP contribution >= 0.6 is 23.8 Å². The van der Waals surface area contributed by atoms with E-state index in [1.807, 2.05) is 6.07 Å². The van der Waals surface area contributed by atoms with Crippen molar-refractivity contribution in [3.63, 3.8) is 0 Å². The highest BCUT2D eigenvalue weighted by atomic mass is 35.5. The lowest BCUT2D eigenvalue weighted by atomic mass is 10.1. The van der Waals surface area contributed by atoms with E-state index in [2.05, 4.69) is 17.2 Å². The standard InChI is InChI=1S/C24H22ClN3O5S/c1-3-10-28-23(31)17(22(30)27-24(28)34)11-15-12-18(25)21(19(13-15)32-4-2)33-14-20(29)26-16-8-6-5-7-9-16/h3,5-9,11-13H,1,4,10,14H2,2H3,(H,26,29)(H,27,30,34)/b17-11+. The zero-order valence-electron chi connectivity index (χ0n) is 18.3. The summed E-state index contributed by atoms with van der Waals surface area (Å²) in [6.07, 6.45) is 2.89. The summed E-state index contributed by atoms with van der Waals surface area (Å²) in [6, 6.07) is 12.0. The maximum atomic E-state index is 12.8. The Bertz CT molecular complexity index is 1170. The zero-order valence-corrected chi connectivity index (χ0v) is 19.9. The SMILES string of the molecule is C=CCN1C(=O)/C(=C/c2cc(Cl)c(OCC(=O)Nc3ccccc3)c(OCC)c2)C(=O)NC1=S. The minimum atomic E-state index is -0.623. The quantitative estimate of drug-likeness (QED) is 0.237. The fourth-order valence-electron chi connectivity index (χ4n) is 3.09. The fraction of sp³-hybridized carbons (Fsp3) is 0.167. The van der Waals surface area contributed by atoms with Crippen LogP contribution in [0.4, 0.5) is 5.69 Å². The van der Waals surface area contributed by atoms with Gasteiger partial charge in [-0.3, -0.25) is 24.6 Å². The molecule has 1 fully saturated rings. The molecule has 2 aromatic rings. The first-order chi connectivity index (χ1) is 16.3. The number of ether oxygens (including phenoxy) is 2. The minimum absolute atomic E-state index is 0.0117. The number of nitrogens with zero attached hydrogens (tertiary/aromatic N) is 1. The van der Waals surface area contributed by atoms with Crippen LogP contribution in [-0.2, 0) is 14.4 Å². The van der Waals surface area contributed by atoms with Crippen LogP contribution < -0.4 is 20.1 Å². The highest BCUT2D eigenvalue weighted by Gasteiger charge is 2.32. The number of benzene rings is 2. The Balaban J connectivity index is 1.83. The third-order valence-corrected chi connectivity index (χ3v) is 5.15. The molecule has 0 unspecified atom stereocenters. The highest BCUT2D eigenvalue weighted by Crippen LogP contribution is 2.37. The molecule has 3 rings (SSSR count). The van der Waals surface area contributed by atoms with E-state index in [-0.39, 0.29) is 46.3 Å². The number of thiocarbonyl (C=S) groups is 1. The number of nitrogens with one attached hydrogen (secondary N) is 2. The smallest absolute Gasteiger partial charge is 0.265 e. The predicted molar refractivity (Wildman–Crippen MR) is 134 cm³/mol. The van der Waals surface area contributed by atoms with Crippen molar-refractivity contribution in [2.75, 3.05) is 25.1 Å². The van der Waals surface area contributed by atoms with Gasteiger partial charge in [0.25, 0.3) is 17.7 Å². The molecule has 0 atom stereocenters. The molecule has 1 heterocycles. The topological polar surface area (TPSA) is 97.0 Å². The molecule has 0 bridgehead atoms. The second kappa shape index (κ2) is 11.4. The van der Waals surface area contributed by atoms with Crippen molar-refractivity contribution in [3.05, 3.63) is 71.3 Å². The molecule has 3 amide bonds. The maximum absolute atomic E-state index is 12.8. The first-order valence-corrected chi connectivity index (χ1v) is 11.1. The molecule has 0 spiro atoms. The van der Waals surface area contributed by atoms with E-state index in [4.69, 9.17) is 33.3 Å². The van der Waals surface area contributed by atoms with Gasteiger partial charge in [-0.15, -0.1) is 6.58 Å². The zero-order chi connectivity index (χ0) is 24.7. The molecule has 0 radical (unpaired) electrons. The van der Waals surface area contributed by atoms with Crippen LogP contribution in [0.2, 0.25) is 5.02 Å². The summed E-state index contributed by atoms with van der Waals surface area (Å²) in [7, 11) is 0. The fourth-order valence-corrected chi connectivity index (χ4v) is 3.61. The normalized spacial score (nSPS) is 14.6. The van der Waals surface area contributed by atoms with Gasteiger partial charge in [0.2, 0.25) is 0 Å². The van der Waals surface area contributed by atoms with Gasteiger partial charge in [0.1, 0.15) is 5.57 Å². The Labute approximate surface area is 207 Å². The summed E-state index contributed by atoms with van der Waals surface area (Å²) in [5.74, 6) is -1.12. The lowest BCUT2D eigenvalue weighted by Gasteiger charge is -2.27. The van der Waals surface area contributed by atoms with Gasteiger partial charge in [-0.05, 0) is 55.0 Å². The van der Waals surface area contributed by atoms with Crippen LogP contribution in [-0.4, -0.2) is 47.5 Å². The van der Waals surface area contributed by atoms with E-state index in [0.717, 1.165) is 0 Å². The average molecular weight is 500 g/mol. The molecule has 2 N–H and O–H groups in total. The average Bonchev–Trinajstić information content (AvgIpc) is 2.80. The molecular weight excluding hydrogens is 478 g/mol. The van der Waals surface area contributed by atoms with Crippen LogP contribution in [0.3, 0.4) is 0 Å². The first kappa shape index (κ1) is 24.9. The molecule has 0 aromatic heterocycles. The molecule has 2 aromatic carbocycles. The molecule has 1 aliphatic rings. The molecule has 0 aliphatic carbocycles. The summed E-state index contributed by atoms with van der Waals surface area (Å²) >= 11 is 11.5. The van der Waals surface area contributed by atoms with Gasteiger partial charge < -0.3 is 14.8 Å². The number of hydrogen-bond donors (Lipinski definition) is 2. The van der Waals surface area contributed by atoms with E-state index >= 15 is 0 Å². The van der Waals surface area contributed by atoms with Crippen LogP contribution in [0.1, 0.15) is 12.5 Å². The minimum Gasteiger partial charge on any atom is -0.490 e. The van der Waals surface area contributed by atoms with Crippen molar-refractivity contribution >= 4 is 58.4 Å². The second-order valence-electron chi connectivity index (χ2n) is 6.99. The summed E-state index contributed by atoms with van der Waals surface area (Å²) in [5, 5.41) is 5.35. The monoisotopic (exact) mass is 499 g/mol. The lowest BCUT2D eigenvalue weighted by Crippen LogP contribution is -2.53. The maximum Gasteiger partial charge on any atom is 0.265 e. The van der Waals surface area contributed by atoms with Gasteiger partial charge in [-0.2, -0.15) is 0 Å². The largest absolute Gasteiger partial charge is 0.490 e. The highest BCUT2D eigenvalue weighted by molar-refractivity contribution is 7.80.